The molecule has 0 radical (unpaired) electrons. The summed E-state index contributed by atoms with van der Waals surface area (Å²) < 4.78 is 10.1. The second kappa shape index (κ2) is 84.5. The number of H-pyrrole nitrogens is 1. The van der Waals surface area contributed by atoms with Crippen LogP contribution in [0.3, 0.4) is 0 Å². The molecule has 0 saturated heterocycles. The van der Waals surface area contributed by atoms with E-state index in [1.54, 1.807) is 23.9 Å². The van der Waals surface area contributed by atoms with Gasteiger partial charge in [0.05, 0.1) is 18.8 Å². The van der Waals surface area contributed by atoms with Crippen LogP contribution in [0.15, 0.2) is 202 Å². The van der Waals surface area contributed by atoms with Crippen LogP contribution in [0.2, 0.25) is 0 Å². The number of aromatic nitrogens is 4. The van der Waals surface area contributed by atoms with E-state index < -0.39 is 0 Å². The maximum atomic E-state index is 5.14. The van der Waals surface area contributed by atoms with Crippen molar-refractivity contribution < 1.29 is 8.83 Å². The van der Waals surface area contributed by atoms with Gasteiger partial charge in [-0.25, -0.2) is 0 Å². The van der Waals surface area contributed by atoms with Gasteiger partial charge in [0.1, 0.15) is 5.76 Å². The van der Waals surface area contributed by atoms with E-state index >= 15 is 0 Å². The highest BCUT2D eigenvalue weighted by molar-refractivity contribution is 7.09. The summed E-state index contributed by atoms with van der Waals surface area (Å²) >= 11 is 3.63. The molecule has 9 aromatic rings. The van der Waals surface area contributed by atoms with Gasteiger partial charge >= 0.3 is 0 Å². The molecule has 6 nitrogen and oxygen atoms in total. The summed E-state index contributed by atoms with van der Waals surface area (Å²) in [4.78, 5) is 16.8. The molecule has 9 rings (SSSR count). The Bertz CT molecular complexity index is 2510. The predicted molar refractivity (Wildman–Crippen MR) is 489 cm³/mol. The Kier molecular flexibility index (Phi) is 94.3. The van der Waals surface area contributed by atoms with E-state index in [1.807, 2.05) is 216 Å². The number of pyridine rings is 3. The molecule has 1 N–H and O–H groups in total. The van der Waals surface area contributed by atoms with Crippen LogP contribution in [-0.4, -0.2) is 19.9 Å². The number of nitrogens with zero attached hydrogens (tertiary/aromatic N) is 3. The van der Waals surface area contributed by atoms with E-state index in [1.165, 1.54) is 63.2 Å². The molecule has 0 aliphatic heterocycles. The highest BCUT2D eigenvalue weighted by Gasteiger charge is 2.13. The van der Waals surface area contributed by atoms with Crippen LogP contribution in [0.1, 0.15) is 320 Å². The van der Waals surface area contributed by atoms with Gasteiger partial charge in [-0.3, -0.25) is 15.0 Å². The Morgan fingerprint density at radius 1 is 0.358 bits per heavy atom. The number of thiophene rings is 2. The zero-order valence-electron chi connectivity index (χ0n) is 76.8. The van der Waals surface area contributed by atoms with E-state index in [-0.39, 0.29) is 0 Å². The number of aromatic amines is 1. The molecule has 0 bridgehead atoms. The van der Waals surface area contributed by atoms with Gasteiger partial charge in [0.2, 0.25) is 0 Å². The number of rotatable bonds is 15. The monoisotopic (exact) mass is 1500 g/mol. The fourth-order valence-corrected chi connectivity index (χ4v) is 10.3. The van der Waals surface area contributed by atoms with Crippen LogP contribution in [0.25, 0.3) is 0 Å². The van der Waals surface area contributed by atoms with Gasteiger partial charge in [-0.05, 0) is 219 Å². The van der Waals surface area contributed by atoms with Crippen LogP contribution < -0.4 is 0 Å². The molecule has 0 fully saturated rings. The van der Waals surface area contributed by atoms with Crippen LogP contribution in [0.4, 0.5) is 0 Å². The second-order valence-corrected chi connectivity index (χ2v) is 30.8. The van der Waals surface area contributed by atoms with Crippen molar-refractivity contribution in [2.24, 2.45) is 51.8 Å². The first-order valence-corrected chi connectivity index (χ1v) is 43.2. The summed E-state index contributed by atoms with van der Waals surface area (Å²) in [6, 6.07) is 39.5. The fourth-order valence-electron chi connectivity index (χ4n) is 8.76. The number of hydrogen-bond donors (Lipinski definition) is 1. The Balaban J connectivity index is -0.000000139. The topological polar surface area (TPSA) is 80.7 Å². The van der Waals surface area contributed by atoms with Crippen molar-refractivity contribution in [1.29, 1.82) is 0 Å². The lowest BCUT2D eigenvalue weighted by molar-refractivity contribution is 0.408. The minimum atomic E-state index is 0.365. The zero-order valence-corrected chi connectivity index (χ0v) is 78.4. The standard InChI is InChI=1S/C10H14.C9H15N.3C9H13N.C9H14O.C9H14S.C8H12O.C8H12S.9C2H6/c1-9(2)8-10-6-4-3-5-7-10;1-9(2,3)6-8-4-5-10-7-8;1-8(2)7-9-3-5-10-6-4-9;1-8(2)6-9-4-3-5-10-7-9;1-8(2)7-9-5-3-4-6-10-9;2*1-9(2,3)6-8-4-5-10-7-8;2*1-7(2)6-8-4-3-5-9-8;9*1-2/h3-7,9H,8H2,1-2H3;4-5,7,10H,6H2,1-3H3;3-6,8H,7H2,1-2H3;3-5,7-8H,6H2,1-2H3;3-6,8H,7H2,1-2H3;2*4-5,7H,6H2,1-3H3;2*3-5,7H,6H2,1-2H3;9*1-2H3. The number of nitrogens with one attached hydrogen (secondary N) is 1. The maximum absolute atomic E-state index is 5.14. The summed E-state index contributed by atoms with van der Waals surface area (Å²) in [5.74, 6) is 5.51. The highest BCUT2D eigenvalue weighted by Crippen LogP contribution is 2.23. The summed E-state index contributed by atoms with van der Waals surface area (Å²) in [5, 5.41) is 6.50. The average Bonchev–Trinajstić information content (AvgIpc) is 1.81. The number of furan rings is 2. The minimum Gasteiger partial charge on any atom is -0.472 e. The predicted octanol–water partition coefficient (Wildman–Crippen LogP) is 33.2. The molecular weight excluding hydrogens is 1330 g/mol. The van der Waals surface area contributed by atoms with E-state index in [0.29, 0.717) is 28.1 Å². The Hall–Kier alpha value is -6.09. The first-order valence-electron chi connectivity index (χ1n) is 41.4. The Morgan fingerprint density at radius 3 is 1.19 bits per heavy atom. The third-order valence-corrected chi connectivity index (χ3v) is 13.6. The highest BCUT2D eigenvalue weighted by atomic mass is 32.1. The zero-order chi connectivity index (χ0) is 83.8. The van der Waals surface area contributed by atoms with Crippen LogP contribution in [0, 0.1) is 51.8 Å². The molecule has 106 heavy (non-hydrogen) atoms. The van der Waals surface area contributed by atoms with E-state index in [4.69, 9.17) is 8.83 Å². The minimum absolute atomic E-state index is 0.365. The van der Waals surface area contributed by atoms with E-state index in [0.717, 1.165) is 68.0 Å². The molecule has 0 unspecified atom stereocenters. The lowest BCUT2D eigenvalue weighted by Gasteiger charge is -2.16. The van der Waals surface area contributed by atoms with Gasteiger partial charge in [0.25, 0.3) is 0 Å². The molecule has 610 valence electrons. The molecule has 8 aromatic heterocycles. The molecule has 1 aromatic carbocycles. The van der Waals surface area contributed by atoms with Gasteiger partial charge in [-0.2, -0.15) is 11.3 Å². The lowest BCUT2D eigenvalue weighted by atomic mass is 9.89. The lowest BCUT2D eigenvalue weighted by Crippen LogP contribution is -2.08. The van der Waals surface area contributed by atoms with Crippen molar-refractivity contribution in [2.45, 2.75) is 328 Å². The van der Waals surface area contributed by atoms with Crippen molar-refractivity contribution in [2.75, 3.05) is 0 Å². The average molecular weight is 1500 g/mol. The third-order valence-electron chi connectivity index (χ3n) is 12.0. The number of hydrogen-bond acceptors (Lipinski definition) is 7. The SMILES string of the molecule is CC.CC.CC.CC.CC.CC.CC.CC.CC.CC(C)(C)Cc1cc[nH]c1.CC(C)(C)Cc1ccoc1.CC(C)(C)Cc1ccsc1.CC(C)Cc1ccccc1.CC(C)Cc1ccccn1.CC(C)Cc1cccnc1.CC(C)Cc1ccco1.CC(C)Cc1cccs1.CC(C)Cc1ccncc1. The smallest absolute Gasteiger partial charge is 0.104 e. The molecule has 8 heteroatoms. The normalized spacial score (nSPS) is 9.56. The van der Waals surface area contributed by atoms with Crippen molar-refractivity contribution in [3.63, 3.8) is 0 Å². The van der Waals surface area contributed by atoms with Crippen molar-refractivity contribution >= 4 is 22.7 Å². The quantitative estimate of drug-likeness (QED) is 0.111. The van der Waals surface area contributed by atoms with E-state index in [2.05, 4.69) is 267 Å². The van der Waals surface area contributed by atoms with Gasteiger partial charge in [0, 0.05) is 60.4 Å². The Morgan fingerprint density at radius 2 is 0.821 bits per heavy atom. The first kappa shape index (κ1) is 118. The van der Waals surface area contributed by atoms with Crippen molar-refractivity contribution in [3.8, 4) is 0 Å². The summed E-state index contributed by atoms with van der Waals surface area (Å²) in [6.45, 7) is 82.9. The van der Waals surface area contributed by atoms with Gasteiger partial charge in [0.15, 0.2) is 0 Å². The largest absolute Gasteiger partial charge is 0.472 e. The molecule has 0 atom stereocenters. The molecule has 0 amide bonds. The maximum Gasteiger partial charge on any atom is 0.104 e. The van der Waals surface area contributed by atoms with Gasteiger partial charge in [-0.1, -0.05) is 319 Å². The summed E-state index contributed by atoms with van der Waals surface area (Å²) in [6.07, 6.45) is 28.8. The van der Waals surface area contributed by atoms with Crippen LogP contribution in [-0.2, 0) is 57.8 Å². The van der Waals surface area contributed by atoms with E-state index in [9.17, 15) is 0 Å². The fraction of sp³-hybridized carbons (Fsp3) is 0.582. The summed E-state index contributed by atoms with van der Waals surface area (Å²) in [5.41, 5.74) is 10.7. The van der Waals surface area contributed by atoms with Gasteiger partial charge < -0.3 is 13.8 Å². The molecule has 0 saturated carbocycles. The molecule has 0 aliphatic carbocycles. The van der Waals surface area contributed by atoms with Crippen molar-refractivity contribution in [3.05, 3.63) is 243 Å². The molecule has 0 aliphatic rings. The van der Waals surface area contributed by atoms with Gasteiger partial charge in [-0.15, -0.1) is 11.3 Å². The molecule has 8 heterocycles. The number of benzene rings is 1. The second-order valence-electron chi connectivity index (χ2n) is 29.0. The summed E-state index contributed by atoms with van der Waals surface area (Å²) in [7, 11) is 0. The molecule has 0 spiro atoms. The molecular formula is C98H174N4O2S2. The van der Waals surface area contributed by atoms with Crippen molar-refractivity contribution in [1.82, 2.24) is 19.9 Å². The van der Waals surface area contributed by atoms with Crippen LogP contribution >= 0.6 is 22.7 Å². The first-order chi connectivity index (χ1) is 50.5. The Labute approximate surface area is 670 Å². The van der Waals surface area contributed by atoms with Crippen LogP contribution in [0.5, 0.6) is 0 Å². The third kappa shape index (κ3) is 92.1.